The van der Waals surface area contributed by atoms with Gasteiger partial charge in [0.25, 0.3) is 5.91 Å². The number of nitrogens with zero attached hydrogens (tertiary/aromatic N) is 2. The van der Waals surface area contributed by atoms with Crippen molar-refractivity contribution < 1.29 is 14.1 Å². The number of fused-ring (bicyclic) bond motifs is 1. The summed E-state index contributed by atoms with van der Waals surface area (Å²) in [5, 5.41) is 7.53. The predicted molar refractivity (Wildman–Crippen MR) is 102 cm³/mol. The molecule has 1 heterocycles. The second-order valence-corrected chi connectivity index (χ2v) is 6.16. The van der Waals surface area contributed by atoms with Gasteiger partial charge in [0, 0.05) is 30.6 Å². The fourth-order valence-corrected chi connectivity index (χ4v) is 2.52. The lowest BCUT2D eigenvalue weighted by atomic mass is 10.1. The molecular weight excluding hydrogens is 342 g/mol. The highest BCUT2D eigenvalue weighted by Gasteiger charge is 2.11. The molecule has 0 aliphatic heterocycles. The Morgan fingerprint density at radius 2 is 1.85 bits per heavy atom. The molecule has 0 bridgehead atoms. The first-order valence-corrected chi connectivity index (χ1v) is 8.45. The zero-order valence-corrected chi connectivity index (χ0v) is 15.2. The third-order valence-corrected chi connectivity index (χ3v) is 3.92. The standard InChI is InChI=1S/C21H19N3O3/c1-24(2)21(26)16-11-9-15(10-12-16)6-5-13-22-20(25)14-18-17-7-3-4-8-19(17)27-23-18/h3-4,7-12H,13-14H2,1-2H3,(H,22,25). The summed E-state index contributed by atoms with van der Waals surface area (Å²) >= 11 is 0. The molecule has 0 atom stereocenters. The van der Waals surface area contributed by atoms with Crippen molar-refractivity contribution in [3.05, 3.63) is 65.4 Å². The molecule has 0 saturated carbocycles. The summed E-state index contributed by atoms with van der Waals surface area (Å²) in [4.78, 5) is 25.4. The van der Waals surface area contributed by atoms with Crippen molar-refractivity contribution in [3.8, 4) is 11.8 Å². The van der Waals surface area contributed by atoms with E-state index < -0.39 is 0 Å². The molecule has 0 aliphatic carbocycles. The van der Waals surface area contributed by atoms with Crippen LogP contribution in [0.4, 0.5) is 0 Å². The first-order chi connectivity index (χ1) is 13.0. The number of rotatable bonds is 4. The molecule has 0 unspecified atom stereocenters. The van der Waals surface area contributed by atoms with Crippen LogP contribution in [0, 0.1) is 11.8 Å². The monoisotopic (exact) mass is 361 g/mol. The quantitative estimate of drug-likeness (QED) is 0.723. The van der Waals surface area contributed by atoms with E-state index in [9.17, 15) is 9.59 Å². The number of hydrogen-bond acceptors (Lipinski definition) is 4. The summed E-state index contributed by atoms with van der Waals surface area (Å²) in [6.45, 7) is 0.229. The minimum absolute atomic E-state index is 0.0536. The van der Waals surface area contributed by atoms with Gasteiger partial charge in [0.2, 0.25) is 5.91 Å². The largest absolute Gasteiger partial charge is 0.356 e. The molecule has 0 saturated heterocycles. The van der Waals surface area contributed by atoms with E-state index in [1.165, 1.54) is 4.90 Å². The highest BCUT2D eigenvalue weighted by molar-refractivity contribution is 5.94. The van der Waals surface area contributed by atoms with Crippen LogP contribution in [-0.4, -0.2) is 42.5 Å². The summed E-state index contributed by atoms with van der Waals surface area (Å²) in [7, 11) is 3.42. The molecule has 1 aromatic heterocycles. The predicted octanol–water partition coefficient (Wildman–Crippen LogP) is 2.24. The van der Waals surface area contributed by atoms with Gasteiger partial charge in [-0.2, -0.15) is 0 Å². The molecular formula is C21H19N3O3. The first-order valence-electron chi connectivity index (χ1n) is 8.45. The molecule has 6 nitrogen and oxygen atoms in total. The minimum Gasteiger partial charge on any atom is -0.356 e. The van der Waals surface area contributed by atoms with Gasteiger partial charge in [0.1, 0.15) is 5.69 Å². The van der Waals surface area contributed by atoms with E-state index >= 15 is 0 Å². The first kappa shape index (κ1) is 18.2. The number of benzene rings is 2. The number of para-hydroxylation sites is 1. The number of nitrogens with one attached hydrogen (secondary N) is 1. The Morgan fingerprint density at radius 3 is 2.59 bits per heavy atom. The zero-order valence-electron chi connectivity index (χ0n) is 15.2. The molecule has 0 fully saturated rings. The molecule has 6 heteroatoms. The summed E-state index contributed by atoms with van der Waals surface area (Å²) < 4.78 is 5.19. The summed E-state index contributed by atoms with van der Waals surface area (Å²) in [5.74, 6) is 5.64. The number of carbonyl (C=O) groups excluding carboxylic acids is 2. The maximum absolute atomic E-state index is 12.0. The number of aromatic nitrogens is 1. The fraction of sp³-hybridized carbons (Fsp3) is 0.190. The topological polar surface area (TPSA) is 75.4 Å². The molecule has 136 valence electrons. The Morgan fingerprint density at radius 1 is 1.11 bits per heavy atom. The van der Waals surface area contributed by atoms with Crippen LogP contribution >= 0.6 is 0 Å². The van der Waals surface area contributed by atoms with Gasteiger partial charge in [-0.1, -0.05) is 29.1 Å². The highest BCUT2D eigenvalue weighted by atomic mass is 16.5. The van der Waals surface area contributed by atoms with Gasteiger partial charge in [-0.25, -0.2) is 0 Å². The van der Waals surface area contributed by atoms with E-state index in [1.54, 1.807) is 38.4 Å². The second-order valence-electron chi connectivity index (χ2n) is 6.16. The Kier molecular flexibility index (Phi) is 5.53. The molecule has 3 rings (SSSR count). The Labute approximate surface area is 157 Å². The normalized spacial score (nSPS) is 10.1. The van der Waals surface area contributed by atoms with Gasteiger partial charge in [0.15, 0.2) is 5.58 Å². The maximum atomic E-state index is 12.0. The van der Waals surface area contributed by atoms with Crippen LogP contribution in [0.3, 0.4) is 0 Å². The molecule has 2 amide bonds. The van der Waals surface area contributed by atoms with Crippen LogP contribution in [0.1, 0.15) is 21.6 Å². The van der Waals surface area contributed by atoms with E-state index in [1.807, 2.05) is 24.3 Å². The molecule has 0 aliphatic rings. The van der Waals surface area contributed by atoms with E-state index in [2.05, 4.69) is 22.3 Å². The number of amides is 2. The highest BCUT2D eigenvalue weighted by Crippen LogP contribution is 2.17. The smallest absolute Gasteiger partial charge is 0.253 e. The Hall–Kier alpha value is -3.59. The lowest BCUT2D eigenvalue weighted by Gasteiger charge is -2.09. The number of carbonyl (C=O) groups is 2. The van der Waals surface area contributed by atoms with Gasteiger partial charge in [-0.15, -0.1) is 0 Å². The van der Waals surface area contributed by atoms with Crippen molar-refractivity contribution in [1.29, 1.82) is 0 Å². The maximum Gasteiger partial charge on any atom is 0.253 e. The minimum atomic E-state index is -0.171. The third kappa shape index (κ3) is 4.53. The zero-order chi connectivity index (χ0) is 19.2. The summed E-state index contributed by atoms with van der Waals surface area (Å²) in [6, 6.07) is 14.5. The van der Waals surface area contributed by atoms with Crippen LogP contribution in [-0.2, 0) is 11.2 Å². The summed E-state index contributed by atoms with van der Waals surface area (Å²) in [5.41, 5.74) is 2.66. The van der Waals surface area contributed by atoms with Crippen molar-refractivity contribution in [1.82, 2.24) is 15.4 Å². The molecule has 3 aromatic rings. The summed E-state index contributed by atoms with van der Waals surface area (Å²) in [6.07, 6.45) is 0.139. The molecule has 27 heavy (non-hydrogen) atoms. The third-order valence-electron chi connectivity index (χ3n) is 3.92. The van der Waals surface area contributed by atoms with E-state index in [-0.39, 0.29) is 24.8 Å². The van der Waals surface area contributed by atoms with Crippen LogP contribution in [0.5, 0.6) is 0 Å². The van der Waals surface area contributed by atoms with Crippen molar-refractivity contribution in [3.63, 3.8) is 0 Å². The second kappa shape index (κ2) is 8.19. The Balaban J connectivity index is 1.53. The van der Waals surface area contributed by atoms with Gasteiger partial charge in [-0.3, -0.25) is 9.59 Å². The van der Waals surface area contributed by atoms with Gasteiger partial charge < -0.3 is 14.7 Å². The average Bonchev–Trinajstić information content (AvgIpc) is 3.08. The van der Waals surface area contributed by atoms with E-state index in [0.29, 0.717) is 16.8 Å². The molecule has 2 aromatic carbocycles. The van der Waals surface area contributed by atoms with Crippen LogP contribution < -0.4 is 5.32 Å². The fourth-order valence-electron chi connectivity index (χ4n) is 2.52. The van der Waals surface area contributed by atoms with Crippen LogP contribution in [0.15, 0.2) is 53.1 Å². The van der Waals surface area contributed by atoms with Crippen molar-refractivity contribution >= 4 is 22.8 Å². The van der Waals surface area contributed by atoms with E-state index in [4.69, 9.17) is 4.52 Å². The SMILES string of the molecule is CN(C)C(=O)c1ccc(C#CCNC(=O)Cc2noc3ccccc23)cc1. The molecule has 1 N–H and O–H groups in total. The van der Waals surface area contributed by atoms with E-state index in [0.717, 1.165) is 10.9 Å². The van der Waals surface area contributed by atoms with Crippen LogP contribution in [0.2, 0.25) is 0 Å². The molecule has 0 spiro atoms. The lowest BCUT2D eigenvalue weighted by Crippen LogP contribution is -2.25. The molecule has 0 radical (unpaired) electrons. The van der Waals surface area contributed by atoms with Gasteiger partial charge in [0.05, 0.1) is 13.0 Å². The van der Waals surface area contributed by atoms with Crippen molar-refractivity contribution in [2.75, 3.05) is 20.6 Å². The van der Waals surface area contributed by atoms with Crippen molar-refractivity contribution in [2.45, 2.75) is 6.42 Å². The van der Waals surface area contributed by atoms with Crippen LogP contribution in [0.25, 0.3) is 11.0 Å². The number of hydrogen-bond donors (Lipinski definition) is 1. The van der Waals surface area contributed by atoms with Gasteiger partial charge >= 0.3 is 0 Å². The van der Waals surface area contributed by atoms with Crippen molar-refractivity contribution in [2.24, 2.45) is 0 Å². The Bertz CT molecular complexity index is 1020. The lowest BCUT2D eigenvalue weighted by molar-refractivity contribution is -0.120. The van der Waals surface area contributed by atoms with Gasteiger partial charge in [-0.05, 0) is 36.4 Å². The average molecular weight is 361 g/mol.